The van der Waals surface area contributed by atoms with Gasteiger partial charge in [-0.1, -0.05) is 89.5 Å². The number of halogens is 1. The molecule has 0 fully saturated rings. The molecule has 0 unspecified atom stereocenters. The first-order valence-corrected chi connectivity index (χ1v) is 10.7. The fraction of sp³-hybridized carbons (Fsp3) is 0.286. The normalized spacial score (nSPS) is 13.3. The molecule has 0 aliphatic heterocycles. The molecule has 1 aliphatic carbocycles. The van der Waals surface area contributed by atoms with Gasteiger partial charge >= 0.3 is 0 Å². The Bertz CT molecular complexity index is 1040. The fourth-order valence-electron chi connectivity index (χ4n) is 3.96. The third kappa shape index (κ3) is 3.79. The van der Waals surface area contributed by atoms with Gasteiger partial charge in [0.15, 0.2) is 0 Å². The summed E-state index contributed by atoms with van der Waals surface area (Å²) in [6.07, 6.45) is 2.31. The van der Waals surface area contributed by atoms with Crippen LogP contribution in [-0.4, -0.2) is 0 Å². The van der Waals surface area contributed by atoms with E-state index in [1.807, 2.05) is 12.1 Å². The van der Waals surface area contributed by atoms with Crippen LogP contribution in [0, 0.1) is 0 Å². The zero-order chi connectivity index (χ0) is 21.0. The zero-order valence-electron chi connectivity index (χ0n) is 18.2. The maximum Gasteiger partial charge on any atom is 0.0406 e. The monoisotopic (exact) mass is 400 g/mol. The molecule has 3 aromatic rings. The number of hydrogen-bond acceptors (Lipinski definition) is 0. The Morgan fingerprint density at radius 2 is 1.03 bits per heavy atom. The van der Waals surface area contributed by atoms with E-state index in [0.717, 1.165) is 5.02 Å². The summed E-state index contributed by atoms with van der Waals surface area (Å²) in [7, 11) is 0. The number of hydrogen-bond donors (Lipinski definition) is 0. The Hall–Kier alpha value is -2.31. The smallest absolute Gasteiger partial charge is 0.0406 e. The second-order valence-electron chi connectivity index (χ2n) is 10.1. The van der Waals surface area contributed by atoms with Gasteiger partial charge < -0.3 is 0 Å². The quantitative estimate of drug-likeness (QED) is 0.300. The first kappa shape index (κ1) is 20.0. The molecule has 0 bridgehead atoms. The van der Waals surface area contributed by atoms with Crippen molar-refractivity contribution in [2.24, 2.45) is 0 Å². The van der Waals surface area contributed by atoms with Crippen LogP contribution < -0.4 is 0 Å². The average Bonchev–Trinajstić information content (AvgIpc) is 2.95. The minimum atomic E-state index is 0.117. The molecule has 1 aliphatic rings. The van der Waals surface area contributed by atoms with Gasteiger partial charge in [-0.15, -0.1) is 0 Å². The predicted molar refractivity (Wildman–Crippen MR) is 128 cm³/mol. The van der Waals surface area contributed by atoms with Crippen molar-refractivity contribution >= 4 is 23.3 Å². The molecular weight excluding hydrogens is 372 g/mol. The summed E-state index contributed by atoms with van der Waals surface area (Å²) in [5, 5.41) is 0.768. The third-order valence-corrected chi connectivity index (χ3v) is 6.07. The van der Waals surface area contributed by atoms with Gasteiger partial charge in [-0.2, -0.15) is 0 Å². The Labute approximate surface area is 180 Å². The van der Waals surface area contributed by atoms with Crippen LogP contribution in [0.25, 0.3) is 22.8 Å². The maximum atomic E-state index is 6.11. The van der Waals surface area contributed by atoms with E-state index in [0.29, 0.717) is 0 Å². The molecule has 1 heteroatoms. The van der Waals surface area contributed by atoms with Gasteiger partial charge in [0.2, 0.25) is 0 Å². The summed E-state index contributed by atoms with van der Waals surface area (Å²) in [6, 6.07) is 22.0. The second kappa shape index (κ2) is 6.89. The van der Waals surface area contributed by atoms with E-state index < -0.39 is 0 Å². The van der Waals surface area contributed by atoms with E-state index in [9.17, 15) is 0 Å². The minimum absolute atomic E-state index is 0.117. The molecule has 0 spiro atoms. The molecular formula is C28H29Cl. The highest BCUT2D eigenvalue weighted by molar-refractivity contribution is 6.30. The van der Waals surface area contributed by atoms with E-state index in [-0.39, 0.29) is 10.8 Å². The van der Waals surface area contributed by atoms with Crippen LogP contribution in [0.3, 0.4) is 0 Å². The van der Waals surface area contributed by atoms with Crippen LogP contribution in [-0.2, 0) is 10.8 Å². The summed E-state index contributed by atoms with van der Waals surface area (Å²) in [6.45, 7) is 13.6. The molecule has 0 aromatic heterocycles. The summed E-state index contributed by atoms with van der Waals surface area (Å²) >= 11 is 6.11. The van der Waals surface area contributed by atoms with Crippen LogP contribution in [0.2, 0.25) is 5.02 Å². The highest BCUT2D eigenvalue weighted by Crippen LogP contribution is 2.47. The van der Waals surface area contributed by atoms with E-state index in [4.69, 9.17) is 11.6 Å². The first-order valence-electron chi connectivity index (χ1n) is 10.3. The van der Waals surface area contributed by atoms with Gasteiger partial charge in [0, 0.05) is 5.02 Å². The maximum absolute atomic E-state index is 6.11. The topological polar surface area (TPSA) is 0 Å². The summed E-state index contributed by atoms with van der Waals surface area (Å²) in [5.41, 5.74) is 10.7. The van der Waals surface area contributed by atoms with Crippen LogP contribution in [0.1, 0.15) is 69.4 Å². The van der Waals surface area contributed by atoms with Crippen molar-refractivity contribution in [1.82, 2.24) is 0 Å². The molecule has 0 radical (unpaired) electrons. The van der Waals surface area contributed by atoms with E-state index >= 15 is 0 Å². The molecule has 4 rings (SSSR count). The Kier molecular flexibility index (Phi) is 4.74. The van der Waals surface area contributed by atoms with Crippen molar-refractivity contribution in [2.45, 2.75) is 52.4 Å². The highest BCUT2D eigenvalue weighted by Gasteiger charge is 2.27. The van der Waals surface area contributed by atoms with Crippen LogP contribution in [0.5, 0.6) is 0 Å². The Balaban J connectivity index is 1.96. The predicted octanol–water partition coefficient (Wildman–Crippen LogP) is 8.50. The van der Waals surface area contributed by atoms with Crippen molar-refractivity contribution in [3.63, 3.8) is 0 Å². The summed E-state index contributed by atoms with van der Waals surface area (Å²) in [4.78, 5) is 0. The molecule has 0 saturated heterocycles. The molecule has 0 atom stereocenters. The largest absolute Gasteiger partial charge is 0.0843 e. The van der Waals surface area contributed by atoms with Crippen molar-refractivity contribution in [2.75, 3.05) is 0 Å². The number of fused-ring (bicyclic) bond motifs is 3. The van der Waals surface area contributed by atoms with E-state index in [1.165, 1.54) is 44.5 Å². The lowest BCUT2D eigenvalue weighted by molar-refractivity contribution is 0.590. The van der Waals surface area contributed by atoms with Crippen LogP contribution in [0.4, 0.5) is 0 Å². The van der Waals surface area contributed by atoms with E-state index in [2.05, 4.69) is 96.1 Å². The molecule has 0 nitrogen and oxygen atoms in total. The SMILES string of the molecule is CC(C)(C)c1ccc2c(c1)C(=Cc1ccc(Cl)cc1)c1cc(C(C)(C)C)ccc1-2. The average molecular weight is 401 g/mol. The van der Waals surface area contributed by atoms with Crippen LogP contribution in [0.15, 0.2) is 60.7 Å². The first-order chi connectivity index (χ1) is 13.5. The molecule has 0 amide bonds. The fourth-order valence-corrected chi connectivity index (χ4v) is 4.09. The third-order valence-electron chi connectivity index (χ3n) is 5.82. The van der Waals surface area contributed by atoms with Gasteiger partial charge in [0.25, 0.3) is 0 Å². The van der Waals surface area contributed by atoms with Crippen molar-refractivity contribution in [1.29, 1.82) is 0 Å². The number of rotatable bonds is 1. The van der Waals surface area contributed by atoms with Gasteiger partial charge in [-0.25, -0.2) is 0 Å². The van der Waals surface area contributed by atoms with Gasteiger partial charge in [-0.3, -0.25) is 0 Å². The second-order valence-corrected chi connectivity index (χ2v) is 10.6. The van der Waals surface area contributed by atoms with Gasteiger partial charge in [-0.05, 0) is 85.7 Å². The van der Waals surface area contributed by atoms with E-state index in [1.54, 1.807) is 0 Å². The zero-order valence-corrected chi connectivity index (χ0v) is 19.0. The molecule has 0 saturated carbocycles. The Morgan fingerprint density at radius 3 is 1.45 bits per heavy atom. The molecule has 0 heterocycles. The lowest BCUT2D eigenvalue weighted by atomic mass is 9.84. The Morgan fingerprint density at radius 1 is 0.586 bits per heavy atom. The van der Waals surface area contributed by atoms with Gasteiger partial charge in [0.1, 0.15) is 0 Å². The summed E-state index contributed by atoms with van der Waals surface area (Å²) in [5.74, 6) is 0. The van der Waals surface area contributed by atoms with Gasteiger partial charge in [0.05, 0.1) is 0 Å². The molecule has 148 valence electrons. The van der Waals surface area contributed by atoms with Crippen LogP contribution >= 0.6 is 11.6 Å². The lowest BCUT2D eigenvalue weighted by Gasteiger charge is -2.20. The molecule has 3 aromatic carbocycles. The highest BCUT2D eigenvalue weighted by atomic mass is 35.5. The van der Waals surface area contributed by atoms with Crippen molar-refractivity contribution < 1.29 is 0 Å². The summed E-state index contributed by atoms with van der Waals surface area (Å²) < 4.78 is 0. The number of benzene rings is 3. The van der Waals surface area contributed by atoms with Crippen molar-refractivity contribution in [3.05, 3.63) is 93.5 Å². The standard InChI is InChI=1S/C28H29Cl/c1-27(2,3)19-9-13-22-23-14-10-20(28(4,5)6)17-26(23)24(25(22)16-19)15-18-7-11-21(29)12-8-18/h7-17H,1-6H3. The lowest BCUT2D eigenvalue weighted by Crippen LogP contribution is -2.11. The minimum Gasteiger partial charge on any atom is -0.0843 e. The van der Waals surface area contributed by atoms with Crippen molar-refractivity contribution in [3.8, 4) is 11.1 Å². The molecule has 0 N–H and O–H groups in total. The molecule has 29 heavy (non-hydrogen) atoms.